The summed E-state index contributed by atoms with van der Waals surface area (Å²) in [4.78, 5) is 273. The fourth-order valence-corrected chi connectivity index (χ4v) is 17.9. The lowest BCUT2D eigenvalue weighted by atomic mass is 9.91. The molecular weight excluding hydrogens is 1940 g/mol. The van der Waals surface area contributed by atoms with Crippen molar-refractivity contribution in [1.82, 2.24) is 88.6 Å². The minimum absolute atomic E-state index is 0.00600. The number of nitrogens with one attached hydrogen (secondary N) is 14. The van der Waals surface area contributed by atoms with E-state index in [0.29, 0.717) is 61.8 Å². The van der Waals surface area contributed by atoms with Crippen LogP contribution in [0.5, 0.6) is 0 Å². The van der Waals surface area contributed by atoms with Crippen molar-refractivity contribution < 1.29 is 111 Å². The van der Waals surface area contributed by atoms with Crippen LogP contribution in [0.25, 0.3) is 44.1 Å². The smallest absolute Gasteiger partial charge is 0.335 e. The Morgan fingerprint density at radius 2 is 0.960 bits per heavy atom. The molecule has 14 amide bonds. The van der Waals surface area contributed by atoms with Crippen LogP contribution in [-0.4, -0.2) is 264 Å². The summed E-state index contributed by atoms with van der Waals surface area (Å²) in [6, 6.07) is 23.4. The highest BCUT2D eigenvalue weighted by molar-refractivity contribution is 6.03. The highest BCUT2D eigenvalue weighted by Crippen LogP contribution is 2.33. The molecule has 2 saturated heterocycles. The third-order valence-corrected chi connectivity index (χ3v) is 26.3. The average Bonchev–Trinajstić information content (AvgIpc) is 1.62. The van der Waals surface area contributed by atoms with Crippen molar-refractivity contribution in [3.63, 3.8) is 0 Å². The van der Waals surface area contributed by atoms with Gasteiger partial charge >= 0.3 is 23.9 Å². The van der Waals surface area contributed by atoms with Crippen LogP contribution in [0.2, 0.25) is 0 Å². The van der Waals surface area contributed by atoms with Crippen molar-refractivity contribution >= 4 is 128 Å². The lowest BCUT2D eigenvalue weighted by Crippen LogP contribution is -2.61. The zero-order chi connectivity index (χ0) is 108. The molecule has 0 spiro atoms. The molecule has 0 bridgehead atoms. The number of carboxylic acid groups (broad SMARTS) is 4. The number of aromatic amines is 2. The molecule has 0 unspecified atom stereocenters. The number of unbranched alkanes of at least 4 members (excludes halogenated alkanes) is 1. The van der Waals surface area contributed by atoms with Crippen molar-refractivity contribution in [2.75, 3.05) is 33.2 Å². The van der Waals surface area contributed by atoms with E-state index in [1.54, 1.807) is 117 Å². The third-order valence-electron chi connectivity index (χ3n) is 26.3. The van der Waals surface area contributed by atoms with Gasteiger partial charge in [-0.3, -0.25) is 76.9 Å². The van der Waals surface area contributed by atoms with Crippen LogP contribution < -0.4 is 75.3 Å². The number of aliphatic carboxylic acids is 1. The largest absolute Gasteiger partial charge is 0.481 e. The molecule has 0 saturated carbocycles. The predicted octanol–water partition coefficient (Wildman–Crippen LogP) is 3.73. The number of rotatable bonds is 26. The molecule has 7 aromatic carbocycles. The van der Waals surface area contributed by atoms with Gasteiger partial charge in [0.05, 0.1) is 41.8 Å². The van der Waals surface area contributed by atoms with Gasteiger partial charge in [-0.15, -0.1) is 0 Å². The number of hydrogen-bond donors (Lipinski definition) is 20. The van der Waals surface area contributed by atoms with Crippen molar-refractivity contribution in [1.29, 1.82) is 5.26 Å². The molecular formula is C107H119FN20O22. The van der Waals surface area contributed by atoms with Gasteiger partial charge in [-0.25, -0.2) is 18.8 Å². The van der Waals surface area contributed by atoms with Crippen LogP contribution in [-0.2, 0) is 104 Å². The average molecular weight is 2060 g/mol. The van der Waals surface area contributed by atoms with Crippen molar-refractivity contribution in [3.05, 3.63) is 256 Å². The van der Waals surface area contributed by atoms with Gasteiger partial charge in [0.1, 0.15) is 84.4 Å². The van der Waals surface area contributed by atoms with Gasteiger partial charge in [-0.05, 0) is 188 Å². The minimum atomic E-state index is -2.08. The summed E-state index contributed by atoms with van der Waals surface area (Å²) >= 11 is 0. The van der Waals surface area contributed by atoms with Gasteiger partial charge < -0.3 is 115 Å². The van der Waals surface area contributed by atoms with E-state index < -0.39 is 229 Å². The molecule has 3 aromatic heterocycles. The first-order valence-electron chi connectivity index (χ1n) is 48.7. The zero-order valence-electron chi connectivity index (χ0n) is 82.9. The molecule has 12 rings (SSSR count). The number of carbonyl (C=O) groups excluding carboxylic acids is 14. The molecule has 14 atom stereocenters. The van der Waals surface area contributed by atoms with Gasteiger partial charge in [0, 0.05) is 97.8 Å². The summed E-state index contributed by atoms with van der Waals surface area (Å²) in [5.41, 5.74) is 17.6. The second-order valence-electron chi connectivity index (χ2n) is 37.7. The number of aryl methyl sites for hydroxylation is 1. The number of pyridine rings is 1. The number of aromatic nitrogens is 3. The van der Waals surface area contributed by atoms with E-state index in [2.05, 4.69) is 78.8 Å². The number of nitrogens with two attached hydrogens (primary N) is 2. The van der Waals surface area contributed by atoms with Gasteiger partial charge in [-0.2, -0.15) is 5.26 Å². The molecule has 2 fully saturated rings. The normalized spacial score (nSPS) is 21.8. The first kappa shape index (κ1) is 111. The van der Waals surface area contributed by atoms with Crippen LogP contribution in [0.1, 0.15) is 156 Å². The van der Waals surface area contributed by atoms with Crippen molar-refractivity contribution in [2.24, 2.45) is 17.4 Å². The molecule has 43 heteroatoms. The summed E-state index contributed by atoms with van der Waals surface area (Å²) < 4.78 is 16.1. The molecule has 22 N–H and O–H groups in total. The van der Waals surface area contributed by atoms with E-state index in [1.807, 2.05) is 6.07 Å². The molecule has 42 nitrogen and oxygen atoms in total. The highest BCUT2D eigenvalue weighted by atomic mass is 19.1. The summed E-state index contributed by atoms with van der Waals surface area (Å²) in [6.07, 6.45) is 2.47. The number of hydrogen-bond acceptors (Lipinski definition) is 22. The van der Waals surface area contributed by atoms with Crippen LogP contribution in [0.3, 0.4) is 0 Å². The molecule has 2 aliphatic rings. The molecule has 786 valence electrons. The van der Waals surface area contributed by atoms with Crippen LogP contribution >= 0.6 is 0 Å². The Kier molecular flexibility index (Phi) is 38.3. The van der Waals surface area contributed by atoms with Crippen LogP contribution in [0.4, 0.5) is 4.39 Å². The number of halogens is 1. The molecule has 5 heterocycles. The number of aromatic carboxylic acids is 3. The summed E-state index contributed by atoms with van der Waals surface area (Å²) in [5, 5.41) is 81.9. The number of benzene rings is 7. The SMILES string of the molecule is CC(C)C[C@@H]1NC(=O)[C@H](CCCCN)NC(=O)[C@H](Cc2ccc(-c3ccc(C(=O)O)cc3)cc2)NC(=O)CNC(=O)[C@@H](C)N(C)C(=O)[C@H](CC(=O)O)NC(=O)[C@H]([C@@H](C)c2c[nH]c3cccc(F)c23)NC(=O)[C@@H]2C[C@@H](N)CN2C(=O)CNC(=O)[C@H](Cc2ccc(C(=O)O)cc2)NC(=O)[C@H](Cc2c[nH]c3ccccc23)NC(=O)[C@H](Cc2ccc(-c3ccc(C(=O)O)cc3)cc2)NC(=O)[C@H](CCc2cncc(C#N)c2)NC(=O)[C@@H](C)NC1=O. The number of para-hydroxylation sites is 1. The number of nitrogens with zero attached hydrogens (tertiary/aromatic N) is 4. The Balaban J connectivity index is 0.927. The summed E-state index contributed by atoms with van der Waals surface area (Å²) in [7, 11) is 1.08. The van der Waals surface area contributed by atoms with Gasteiger partial charge in [0.25, 0.3) is 0 Å². The monoisotopic (exact) mass is 2050 g/mol. The Hall–Kier alpha value is -17.4. The van der Waals surface area contributed by atoms with Crippen LogP contribution in [0.15, 0.2) is 195 Å². The summed E-state index contributed by atoms with van der Waals surface area (Å²) in [5.74, 6) is -22.5. The number of H-pyrrole nitrogens is 2. The first-order chi connectivity index (χ1) is 71.6. The molecule has 2 aliphatic heterocycles. The Labute approximate surface area is 860 Å². The predicted molar refractivity (Wildman–Crippen MR) is 544 cm³/mol. The van der Waals surface area contributed by atoms with E-state index in [4.69, 9.17) is 11.5 Å². The maximum absolute atomic E-state index is 16.1. The van der Waals surface area contributed by atoms with Crippen LogP contribution in [0, 0.1) is 23.1 Å². The van der Waals surface area contributed by atoms with E-state index >= 15 is 47.5 Å². The molecule has 150 heavy (non-hydrogen) atoms. The van der Waals surface area contributed by atoms with Crippen molar-refractivity contribution in [3.8, 4) is 28.3 Å². The zero-order valence-corrected chi connectivity index (χ0v) is 82.9. The van der Waals surface area contributed by atoms with Gasteiger partial charge in [0.2, 0.25) is 82.7 Å². The number of nitriles is 1. The first-order valence-corrected chi connectivity index (χ1v) is 48.7. The van der Waals surface area contributed by atoms with Crippen molar-refractivity contribution in [2.45, 2.75) is 196 Å². The number of amides is 14. The highest BCUT2D eigenvalue weighted by Gasteiger charge is 2.44. The fraction of sp³-hybridized carbons (Fsp3) is 0.346. The number of likely N-dealkylation sites (N-methyl/N-ethyl adjacent to an activating group) is 1. The lowest BCUT2D eigenvalue weighted by molar-refractivity contribution is -0.146. The second kappa shape index (κ2) is 51.6. The number of carboxylic acids is 4. The number of fused-ring (bicyclic) bond motifs is 3. The van der Waals surface area contributed by atoms with Gasteiger partial charge in [-0.1, -0.05) is 130 Å². The summed E-state index contributed by atoms with van der Waals surface area (Å²) in [6.45, 7) is 5.20. The van der Waals surface area contributed by atoms with E-state index in [9.17, 15) is 68.8 Å². The maximum Gasteiger partial charge on any atom is 0.335 e. The molecule has 0 radical (unpaired) electrons. The van der Waals surface area contributed by atoms with Gasteiger partial charge in [0.15, 0.2) is 0 Å². The maximum atomic E-state index is 16.1. The third kappa shape index (κ3) is 29.7. The fourth-order valence-electron chi connectivity index (χ4n) is 17.9. The van der Waals surface area contributed by atoms with E-state index in [0.717, 1.165) is 22.9 Å². The van der Waals surface area contributed by atoms with E-state index in [1.165, 1.54) is 106 Å². The molecule has 10 aromatic rings. The van der Waals surface area contributed by atoms with E-state index in [-0.39, 0.29) is 115 Å². The second-order valence-corrected chi connectivity index (χ2v) is 37.7. The standard InChI is InChI=1S/C107H119FN20O22/c1-56(2)40-81-98(138)117-58(4)93(133)119-80(38-23-63-41-64(48-110)50-112-49-63)97(137)123-84(44-61-19-26-66(27-20-61)68-32-36-71(37-33-68)107(149)150)100(140)124-85(45-72-51-113-77-14-8-7-12-74(72)77)101(141)122-82(42-62-21-28-69(29-22-62)105(145)146)95(135)116-54-89(130)128-55-73(111)46-87(128)102(142)126-92(57(3)75-52-114-78-16-11-13-76(108)91(75)78)103(143)125-86(47-90(131)132)104(144)127(6)59(5)94(134)115-53-88(129)118-83(99(139)120-79(96(136)121-81)15-9-10-39-109)43-60-17-24-65(25-18-60)67-30-34-70(35-31-67)106(147)148/h7-8,11-14,16-22,24-37,41,49-52,56-59,73,79-87,92,113-114H,9-10,15,23,38-40,42-47,53-55,109,111H2,1-6H3,(H,115,134)(H,116,135)(H,117,138)(H,118,129)(H,119,133)(H,120,139)(H,121,136)(H,122,141)(H,123,137)(H,124,140)(H,125,143)(H,126,142)(H,131,132)(H,145,146)(H,147,148)(H,149,150)/t57-,58+,59+,73+,79-,80-,81-,82-,83-,84-,85-,86-,87-,92-/m0/s1. The minimum Gasteiger partial charge on any atom is -0.481 e. The Morgan fingerprint density at radius 3 is 1.51 bits per heavy atom. The number of carbonyl (C=O) groups is 18. The Bertz CT molecular complexity index is 6730. The topological polar surface area (TPSA) is 659 Å². The lowest BCUT2D eigenvalue weighted by Gasteiger charge is -2.31. The Morgan fingerprint density at radius 1 is 0.487 bits per heavy atom. The quantitative estimate of drug-likeness (QED) is 0.0343. The molecule has 0 aliphatic carbocycles.